The third-order valence-electron chi connectivity index (χ3n) is 12.7. The number of aromatic nitrogens is 2. The average molecular weight is 794 g/mol. The third kappa shape index (κ3) is 8.55. The molecular formula is C50H56ClN5O2. The number of nitrogens with zero attached hydrogens (tertiary/aromatic N) is 5. The lowest BCUT2D eigenvalue weighted by Gasteiger charge is -2.36. The standard InChI is InChI=1S/C26H26ClN3.C24H30N2O2/c1-18-13-19(16-28-15-18)17-30-11-8-20(9-12-30)25-24-7-6-23(27)14-22(24)5-4-21-3-2-10-29-26(21)25;1-2-26-19-22(13-14-25-15-17-28-18-16-25)24(23(26)27,20-9-5-3-6-10-20)21-11-7-4-8-12-21/h2-3,6-7,10,13-16H,4-5,8-9,11-12,17H2,1H3;3-12,22H,2,13-19H2,1H3. The molecule has 0 spiro atoms. The number of rotatable bonds is 8. The molecule has 1 amide bonds. The highest BCUT2D eigenvalue weighted by atomic mass is 35.5. The van der Waals surface area contributed by atoms with Crippen LogP contribution in [-0.4, -0.2) is 89.6 Å². The normalized spacial score (nSPS) is 19.5. The topological polar surface area (TPSA) is 61.8 Å². The van der Waals surface area contributed by atoms with Crippen LogP contribution < -0.4 is 0 Å². The second-order valence-corrected chi connectivity index (χ2v) is 16.7. The lowest BCUT2D eigenvalue weighted by molar-refractivity contribution is -0.131. The molecule has 5 aromatic rings. The van der Waals surface area contributed by atoms with Gasteiger partial charge in [0.25, 0.3) is 0 Å². The van der Waals surface area contributed by atoms with Crippen molar-refractivity contribution in [3.63, 3.8) is 0 Å². The average Bonchev–Trinajstić information content (AvgIpc) is 3.45. The summed E-state index contributed by atoms with van der Waals surface area (Å²) < 4.78 is 5.50. The predicted molar refractivity (Wildman–Crippen MR) is 234 cm³/mol. The molecule has 2 aromatic heterocycles. The first kappa shape index (κ1) is 40.1. The zero-order valence-electron chi connectivity index (χ0n) is 34.1. The summed E-state index contributed by atoms with van der Waals surface area (Å²) in [5, 5.41) is 0.818. The fourth-order valence-electron chi connectivity index (χ4n) is 9.77. The fraction of sp³-hybridized carbons (Fsp3) is 0.380. The van der Waals surface area contributed by atoms with Gasteiger partial charge in [-0.05, 0) is 110 Å². The molecule has 3 aromatic carbocycles. The molecule has 300 valence electrons. The van der Waals surface area contributed by atoms with Gasteiger partial charge in [0.15, 0.2) is 0 Å². The number of fused-ring (bicyclic) bond motifs is 2. The molecule has 8 heteroatoms. The van der Waals surface area contributed by atoms with E-state index in [0.29, 0.717) is 0 Å². The van der Waals surface area contributed by atoms with Gasteiger partial charge in [-0.2, -0.15) is 0 Å². The van der Waals surface area contributed by atoms with Gasteiger partial charge in [-0.3, -0.25) is 24.6 Å². The Bertz CT molecular complexity index is 2150. The number of halogens is 1. The second-order valence-electron chi connectivity index (χ2n) is 16.3. The Morgan fingerprint density at radius 2 is 1.50 bits per heavy atom. The number of morpholine rings is 1. The molecule has 0 saturated carbocycles. The van der Waals surface area contributed by atoms with E-state index in [1.165, 1.54) is 44.7 Å². The molecule has 1 aliphatic carbocycles. The number of ether oxygens (including phenoxy) is 1. The van der Waals surface area contributed by atoms with Crippen molar-refractivity contribution < 1.29 is 9.53 Å². The monoisotopic (exact) mass is 793 g/mol. The zero-order chi connectivity index (χ0) is 39.9. The van der Waals surface area contributed by atoms with Gasteiger partial charge in [-0.15, -0.1) is 0 Å². The Balaban J connectivity index is 0.000000162. The van der Waals surface area contributed by atoms with E-state index in [9.17, 15) is 4.79 Å². The summed E-state index contributed by atoms with van der Waals surface area (Å²) in [7, 11) is 0. The van der Waals surface area contributed by atoms with Crippen LogP contribution in [0.25, 0.3) is 5.57 Å². The van der Waals surface area contributed by atoms with Gasteiger partial charge in [0, 0.05) is 80.9 Å². The number of carbonyl (C=O) groups excluding carboxylic acids is 1. The minimum absolute atomic E-state index is 0.249. The smallest absolute Gasteiger partial charge is 0.238 e. The maximum Gasteiger partial charge on any atom is 0.238 e. The Morgan fingerprint density at radius 1 is 0.793 bits per heavy atom. The van der Waals surface area contributed by atoms with Crippen LogP contribution in [-0.2, 0) is 34.3 Å². The van der Waals surface area contributed by atoms with Crippen LogP contribution in [0.4, 0.5) is 0 Å². The number of hydrogen-bond acceptors (Lipinski definition) is 6. The molecule has 4 aliphatic rings. The first-order valence-corrected chi connectivity index (χ1v) is 21.6. The van der Waals surface area contributed by atoms with Crippen molar-refractivity contribution in [1.82, 2.24) is 24.7 Å². The lowest BCUT2D eigenvalue weighted by Crippen LogP contribution is -2.43. The summed E-state index contributed by atoms with van der Waals surface area (Å²) in [6, 6.07) is 33.7. The van der Waals surface area contributed by atoms with Crippen molar-refractivity contribution in [2.75, 3.05) is 59.0 Å². The molecule has 3 aliphatic heterocycles. The molecule has 1 atom stereocenters. The number of benzene rings is 3. The molecule has 7 nitrogen and oxygen atoms in total. The Hall–Kier alpha value is -4.66. The predicted octanol–water partition coefficient (Wildman–Crippen LogP) is 8.81. The molecule has 0 radical (unpaired) electrons. The Morgan fingerprint density at radius 3 is 2.19 bits per heavy atom. The van der Waals surface area contributed by atoms with Gasteiger partial charge in [0.1, 0.15) is 5.41 Å². The molecule has 5 heterocycles. The van der Waals surface area contributed by atoms with Crippen molar-refractivity contribution in [3.05, 3.63) is 171 Å². The number of pyridine rings is 2. The van der Waals surface area contributed by atoms with Crippen LogP contribution in [0.15, 0.2) is 121 Å². The summed E-state index contributed by atoms with van der Waals surface area (Å²) in [5.41, 5.74) is 12.2. The highest BCUT2D eigenvalue weighted by Gasteiger charge is 2.55. The number of hydrogen-bond donors (Lipinski definition) is 0. The number of likely N-dealkylation sites (N-methyl/N-ethyl adjacent to an activating group) is 1. The highest BCUT2D eigenvalue weighted by molar-refractivity contribution is 6.30. The van der Waals surface area contributed by atoms with Crippen molar-refractivity contribution in [3.8, 4) is 0 Å². The molecule has 3 fully saturated rings. The number of amides is 1. The molecule has 1 unspecified atom stereocenters. The summed E-state index contributed by atoms with van der Waals surface area (Å²) in [6.45, 7) is 13.5. The first-order valence-electron chi connectivity index (χ1n) is 21.2. The molecule has 9 rings (SSSR count). The Kier molecular flexibility index (Phi) is 12.8. The van der Waals surface area contributed by atoms with Crippen LogP contribution in [0.1, 0.15) is 70.8 Å². The minimum atomic E-state index is -0.592. The first-order chi connectivity index (χ1) is 28.4. The quantitative estimate of drug-likeness (QED) is 0.157. The Labute approximate surface area is 349 Å². The maximum absolute atomic E-state index is 13.8. The summed E-state index contributed by atoms with van der Waals surface area (Å²) in [4.78, 5) is 30.1. The van der Waals surface area contributed by atoms with Crippen molar-refractivity contribution in [2.45, 2.75) is 57.9 Å². The molecule has 0 bridgehead atoms. The minimum Gasteiger partial charge on any atom is -0.379 e. The molecule has 58 heavy (non-hydrogen) atoms. The summed E-state index contributed by atoms with van der Waals surface area (Å²) in [6.07, 6.45) is 11.0. The van der Waals surface area contributed by atoms with Gasteiger partial charge in [-0.25, -0.2) is 0 Å². The lowest BCUT2D eigenvalue weighted by atomic mass is 9.66. The summed E-state index contributed by atoms with van der Waals surface area (Å²) in [5.74, 6) is 0.506. The van der Waals surface area contributed by atoms with Crippen LogP contribution in [0, 0.1) is 12.8 Å². The maximum atomic E-state index is 13.8. The second kappa shape index (κ2) is 18.5. The van der Waals surface area contributed by atoms with Gasteiger partial charge in [0.05, 0.1) is 18.9 Å². The van der Waals surface area contributed by atoms with Crippen molar-refractivity contribution in [2.24, 2.45) is 5.92 Å². The van der Waals surface area contributed by atoms with E-state index in [2.05, 4.69) is 107 Å². The van der Waals surface area contributed by atoms with Crippen molar-refractivity contribution >= 4 is 23.1 Å². The van der Waals surface area contributed by atoms with Gasteiger partial charge in [-0.1, -0.05) is 96.0 Å². The van der Waals surface area contributed by atoms with Crippen LogP contribution >= 0.6 is 11.6 Å². The SMILES string of the molecule is CCN1CC(CCN2CCOCC2)C(c2ccccc2)(c2ccccc2)C1=O.Cc1cncc(CN2CCC(=C3c4ccc(Cl)cc4CCc4cccnc43)CC2)c1. The number of likely N-dealkylation sites (tertiary alicyclic amines) is 2. The zero-order valence-corrected chi connectivity index (χ0v) is 34.8. The largest absolute Gasteiger partial charge is 0.379 e. The van der Waals surface area contributed by atoms with Crippen molar-refractivity contribution in [1.29, 1.82) is 0 Å². The van der Waals surface area contributed by atoms with E-state index >= 15 is 0 Å². The van der Waals surface area contributed by atoms with E-state index < -0.39 is 5.41 Å². The molecule has 3 saturated heterocycles. The fourth-order valence-corrected chi connectivity index (χ4v) is 9.96. The van der Waals surface area contributed by atoms with Gasteiger partial charge in [0.2, 0.25) is 5.91 Å². The van der Waals surface area contributed by atoms with Crippen LogP contribution in [0.3, 0.4) is 0 Å². The van der Waals surface area contributed by atoms with Crippen LogP contribution in [0.2, 0.25) is 5.02 Å². The third-order valence-corrected chi connectivity index (χ3v) is 12.9. The van der Waals surface area contributed by atoms with Gasteiger partial charge < -0.3 is 9.64 Å². The number of carbonyl (C=O) groups is 1. The van der Waals surface area contributed by atoms with E-state index in [1.807, 2.05) is 41.7 Å². The number of piperidine rings is 1. The van der Waals surface area contributed by atoms with Gasteiger partial charge >= 0.3 is 0 Å². The van der Waals surface area contributed by atoms with E-state index in [0.717, 1.165) is 114 Å². The van der Waals surface area contributed by atoms with E-state index in [-0.39, 0.29) is 11.8 Å². The van der Waals surface area contributed by atoms with E-state index in [4.69, 9.17) is 21.3 Å². The summed E-state index contributed by atoms with van der Waals surface area (Å²) >= 11 is 6.34. The number of aryl methyl sites for hydroxylation is 3. The highest BCUT2D eigenvalue weighted by Crippen LogP contribution is 2.47. The van der Waals surface area contributed by atoms with E-state index in [1.54, 1.807) is 0 Å². The molecule has 0 N–H and O–H groups in total. The van der Waals surface area contributed by atoms with Crippen LogP contribution in [0.5, 0.6) is 0 Å². The molecular weight excluding hydrogens is 738 g/mol.